The molecular formula is C15H28N2O. The highest BCUT2D eigenvalue weighted by Crippen LogP contribution is 2.21. The maximum Gasteiger partial charge on any atom is 0.239 e. The fourth-order valence-electron chi connectivity index (χ4n) is 3.24. The van der Waals surface area contributed by atoms with Gasteiger partial charge in [-0.3, -0.25) is 4.79 Å². The molecule has 3 nitrogen and oxygen atoms in total. The second-order valence-corrected chi connectivity index (χ2v) is 5.90. The molecule has 0 aliphatic carbocycles. The fourth-order valence-corrected chi connectivity index (χ4v) is 3.24. The predicted molar refractivity (Wildman–Crippen MR) is 74.5 cm³/mol. The molecule has 2 atom stereocenters. The van der Waals surface area contributed by atoms with Crippen molar-refractivity contribution in [3.63, 3.8) is 0 Å². The van der Waals surface area contributed by atoms with Crippen LogP contribution < -0.4 is 5.32 Å². The highest BCUT2D eigenvalue weighted by atomic mass is 16.2. The van der Waals surface area contributed by atoms with Crippen LogP contribution in [0.4, 0.5) is 0 Å². The molecule has 1 amide bonds. The van der Waals surface area contributed by atoms with Crippen LogP contribution in [-0.4, -0.2) is 36.5 Å². The Morgan fingerprint density at radius 1 is 1.17 bits per heavy atom. The van der Waals surface area contributed by atoms with Gasteiger partial charge in [0.2, 0.25) is 5.91 Å². The first-order chi connectivity index (χ1) is 8.81. The van der Waals surface area contributed by atoms with E-state index in [0.29, 0.717) is 5.91 Å². The molecule has 18 heavy (non-hydrogen) atoms. The lowest BCUT2D eigenvalue weighted by molar-refractivity contribution is -0.134. The van der Waals surface area contributed by atoms with Gasteiger partial charge in [0, 0.05) is 13.1 Å². The summed E-state index contributed by atoms with van der Waals surface area (Å²) in [4.78, 5) is 14.7. The van der Waals surface area contributed by atoms with Crippen molar-refractivity contribution in [2.24, 2.45) is 5.92 Å². The van der Waals surface area contributed by atoms with Gasteiger partial charge in [0.05, 0.1) is 6.04 Å². The summed E-state index contributed by atoms with van der Waals surface area (Å²) in [5, 5.41) is 3.43. The first-order valence-corrected chi connectivity index (χ1v) is 7.83. The van der Waals surface area contributed by atoms with E-state index < -0.39 is 0 Å². The molecule has 104 valence electrons. The molecule has 1 N–H and O–H groups in total. The average Bonchev–Trinajstić information content (AvgIpc) is 2.38. The number of carbonyl (C=O) groups excluding carboxylic acids is 1. The Bertz CT molecular complexity index is 255. The van der Waals surface area contributed by atoms with Crippen LogP contribution in [0.2, 0.25) is 0 Å². The third kappa shape index (κ3) is 3.71. The van der Waals surface area contributed by atoms with Crippen molar-refractivity contribution in [3.8, 4) is 0 Å². The number of piperidine rings is 1. The molecule has 0 bridgehead atoms. The number of carbonyl (C=O) groups is 1. The molecule has 2 fully saturated rings. The van der Waals surface area contributed by atoms with E-state index in [1.807, 2.05) is 0 Å². The molecule has 0 spiro atoms. The fraction of sp³-hybridized carbons (Fsp3) is 0.933. The van der Waals surface area contributed by atoms with Crippen LogP contribution in [0.1, 0.15) is 58.3 Å². The molecule has 2 heterocycles. The van der Waals surface area contributed by atoms with Crippen LogP contribution in [0.5, 0.6) is 0 Å². The number of likely N-dealkylation sites (tertiary alicyclic amines) is 1. The predicted octanol–water partition coefficient (Wildman–Crippen LogP) is 2.56. The van der Waals surface area contributed by atoms with Crippen LogP contribution in [0, 0.1) is 5.92 Å². The van der Waals surface area contributed by atoms with Gasteiger partial charge in [0.25, 0.3) is 0 Å². The van der Waals surface area contributed by atoms with Gasteiger partial charge in [-0.2, -0.15) is 0 Å². The quantitative estimate of drug-likeness (QED) is 0.819. The van der Waals surface area contributed by atoms with Crippen LogP contribution in [0.25, 0.3) is 0 Å². The van der Waals surface area contributed by atoms with Crippen molar-refractivity contribution < 1.29 is 4.79 Å². The van der Waals surface area contributed by atoms with E-state index in [1.54, 1.807) is 0 Å². The molecule has 0 aromatic rings. The van der Waals surface area contributed by atoms with E-state index in [0.717, 1.165) is 32.0 Å². The minimum absolute atomic E-state index is 0.100. The van der Waals surface area contributed by atoms with Gasteiger partial charge >= 0.3 is 0 Å². The highest BCUT2D eigenvalue weighted by Gasteiger charge is 2.29. The zero-order chi connectivity index (χ0) is 12.8. The number of rotatable bonds is 2. The van der Waals surface area contributed by atoms with E-state index >= 15 is 0 Å². The summed E-state index contributed by atoms with van der Waals surface area (Å²) >= 11 is 0. The van der Waals surface area contributed by atoms with Crippen molar-refractivity contribution in [2.45, 2.75) is 64.3 Å². The maximum atomic E-state index is 12.5. The first-order valence-electron chi connectivity index (χ1n) is 7.83. The second-order valence-electron chi connectivity index (χ2n) is 5.90. The molecule has 0 radical (unpaired) electrons. The Morgan fingerprint density at radius 3 is 2.50 bits per heavy atom. The van der Waals surface area contributed by atoms with Crippen LogP contribution >= 0.6 is 0 Å². The van der Waals surface area contributed by atoms with Crippen molar-refractivity contribution in [3.05, 3.63) is 0 Å². The first kappa shape index (κ1) is 13.9. The molecule has 0 saturated carbocycles. The molecule has 2 saturated heterocycles. The monoisotopic (exact) mass is 252 g/mol. The Morgan fingerprint density at radius 2 is 1.83 bits per heavy atom. The number of hydrogen-bond donors (Lipinski definition) is 1. The smallest absolute Gasteiger partial charge is 0.239 e. The molecule has 0 aromatic carbocycles. The molecular weight excluding hydrogens is 224 g/mol. The Kier molecular flexibility index (Phi) is 5.48. The van der Waals surface area contributed by atoms with E-state index in [4.69, 9.17) is 0 Å². The lowest BCUT2D eigenvalue weighted by Gasteiger charge is -2.34. The van der Waals surface area contributed by atoms with Gasteiger partial charge in [-0.25, -0.2) is 0 Å². The summed E-state index contributed by atoms with van der Waals surface area (Å²) in [6.45, 7) is 5.22. The third-order valence-corrected chi connectivity index (χ3v) is 4.56. The van der Waals surface area contributed by atoms with Crippen molar-refractivity contribution in [1.82, 2.24) is 10.2 Å². The molecule has 2 aliphatic rings. The van der Waals surface area contributed by atoms with Crippen LogP contribution in [0.3, 0.4) is 0 Å². The van der Waals surface area contributed by atoms with Gasteiger partial charge in [-0.05, 0) is 38.1 Å². The summed E-state index contributed by atoms with van der Waals surface area (Å²) in [6.07, 6.45) is 9.81. The molecule has 2 aliphatic heterocycles. The van der Waals surface area contributed by atoms with E-state index in [1.165, 1.54) is 44.9 Å². The molecule has 2 unspecified atom stereocenters. The molecule has 3 heteroatoms. The summed E-state index contributed by atoms with van der Waals surface area (Å²) in [5.41, 5.74) is 0. The van der Waals surface area contributed by atoms with Gasteiger partial charge in [-0.15, -0.1) is 0 Å². The summed E-state index contributed by atoms with van der Waals surface area (Å²) in [6, 6.07) is 0.100. The zero-order valence-electron chi connectivity index (χ0n) is 11.8. The van der Waals surface area contributed by atoms with Crippen molar-refractivity contribution >= 4 is 5.91 Å². The largest absolute Gasteiger partial charge is 0.341 e. The summed E-state index contributed by atoms with van der Waals surface area (Å²) < 4.78 is 0. The minimum Gasteiger partial charge on any atom is -0.341 e. The van der Waals surface area contributed by atoms with Gasteiger partial charge in [0.15, 0.2) is 0 Å². The van der Waals surface area contributed by atoms with Gasteiger partial charge in [-0.1, -0.05) is 32.6 Å². The Balaban J connectivity index is 1.87. The number of amides is 1. The standard InChI is InChI=1S/C15H28N2O/c1-2-13-8-9-16-14(12-13)15(18)17-10-6-4-3-5-7-11-17/h13-14,16H,2-12H2,1H3. The average molecular weight is 252 g/mol. The van der Waals surface area contributed by atoms with E-state index in [2.05, 4.69) is 17.1 Å². The van der Waals surface area contributed by atoms with Crippen molar-refractivity contribution in [1.29, 1.82) is 0 Å². The zero-order valence-corrected chi connectivity index (χ0v) is 11.8. The minimum atomic E-state index is 0.100. The Hall–Kier alpha value is -0.570. The topological polar surface area (TPSA) is 32.3 Å². The van der Waals surface area contributed by atoms with Crippen molar-refractivity contribution in [2.75, 3.05) is 19.6 Å². The molecule has 0 aromatic heterocycles. The highest BCUT2D eigenvalue weighted by molar-refractivity contribution is 5.82. The maximum absolute atomic E-state index is 12.5. The SMILES string of the molecule is CCC1CCNC(C(=O)N2CCCCCCC2)C1. The number of nitrogens with one attached hydrogen (secondary N) is 1. The lowest BCUT2D eigenvalue weighted by Crippen LogP contribution is -2.50. The van der Waals surface area contributed by atoms with Gasteiger partial charge < -0.3 is 10.2 Å². The normalized spacial score (nSPS) is 30.6. The summed E-state index contributed by atoms with van der Waals surface area (Å²) in [7, 11) is 0. The number of nitrogens with zero attached hydrogens (tertiary/aromatic N) is 1. The van der Waals surface area contributed by atoms with E-state index in [9.17, 15) is 4.79 Å². The van der Waals surface area contributed by atoms with E-state index in [-0.39, 0.29) is 6.04 Å². The van der Waals surface area contributed by atoms with Crippen LogP contribution in [0.15, 0.2) is 0 Å². The second kappa shape index (κ2) is 7.13. The summed E-state index contributed by atoms with van der Waals surface area (Å²) in [5.74, 6) is 1.12. The lowest BCUT2D eigenvalue weighted by atomic mass is 9.89. The van der Waals surface area contributed by atoms with Gasteiger partial charge in [0.1, 0.15) is 0 Å². The Labute approximate surface area is 111 Å². The third-order valence-electron chi connectivity index (χ3n) is 4.56. The molecule has 2 rings (SSSR count). The number of hydrogen-bond acceptors (Lipinski definition) is 2. The van der Waals surface area contributed by atoms with Crippen LogP contribution in [-0.2, 0) is 4.79 Å².